The van der Waals surface area contributed by atoms with Crippen LogP contribution in [0.5, 0.6) is 0 Å². The topological polar surface area (TPSA) is 0 Å². The second-order valence-corrected chi connectivity index (χ2v) is 13.4. The molecule has 0 aromatic heterocycles. The Balaban J connectivity index is 2.11. The molecule has 0 N–H and O–H groups in total. The van der Waals surface area contributed by atoms with Gasteiger partial charge in [0.1, 0.15) is 14.6 Å². The number of hydrogen-bond acceptors (Lipinski definition) is 0. The molecule has 122 valence electrons. The van der Waals surface area contributed by atoms with Gasteiger partial charge in [-0.3, -0.25) is 0 Å². The molecule has 0 saturated heterocycles. The highest BCUT2D eigenvalue weighted by molar-refractivity contribution is 6.76. The van der Waals surface area contributed by atoms with E-state index >= 15 is 0 Å². The van der Waals surface area contributed by atoms with Gasteiger partial charge in [-0.25, -0.2) is 0 Å². The normalized spacial score (nSPS) is 14.8. The smallest absolute Gasteiger partial charge is 0.110 e. The molecule has 0 aliphatic carbocycles. The summed E-state index contributed by atoms with van der Waals surface area (Å²) < 4.78 is 1.09. The number of benzene rings is 2. The van der Waals surface area contributed by atoms with Crippen LogP contribution in [0.15, 0.2) is 66.7 Å². The molecule has 2 aromatic rings. The van der Waals surface area contributed by atoms with Crippen molar-refractivity contribution in [2.24, 2.45) is 0 Å². The molecule has 2 aromatic carbocycles. The van der Waals surface area contributed by atoms with E-state index in [-0.39, 0.29) is 0 Å². The molecule has 0 amide bonds. The average Bonchev–Trinajstić information content (AvgIpc) is 2.47. The summed E-state index contributed by atoms with van der Waals surface area (Å²) in [5, 5.41) is 0. The molecule has 0 bridgehead atoms. The second kappa shape index (κ2) is 7.76. The van der Waals surface area contributed by atoms with Crippen molar-refractivity contribution >= 4 is 14.1 Å². The van der Waals surface area contributed by atoms with Gasteiger partial charge in [0.05, 0.1) is 19.8 Å². The number of likely N-dealkylation sites (N-methyl/N-ethyl adjacent to an activating group) is 1. The molecule has 0 fully saturated rings. The lowest BCUT2D eigenvalue weighted by Crippen LogP contribution is -2.52. The summed E-state index contributed by atoms with van der Waals surface area (Å²) in [5.74, 6) is 0. The van der Waals surface area contributed by atoms with Crippen LogP contribution in [0, 0.1) is 0 Å². The first-order valence-electron chi connectivity index (χ1n) is 8.45. The fourth-order valence-corrected chi connectivity index (χ4v) is 5.89. The second-order valence-electron chi connectivity index (χ2n) is 7.98. The third kappa shape index (κ3) is 6.55. The number of quaternary nitrogens is 1. The third-order valence-electron chi connectivity index (χ3n) is 3.92. The SMILES string of the molecule is C[N+](C/C=C/c1ccccc1)(Cc1ccccc1)C[Si](C)(C)C. The molecule has 0 heterocycles. The van der Waals surface area contributed by atoms with Gasteiger partial charge in [-0.15, -0.1) is 0 Å². The zero-order chi connectivity index (χ0) is 16.8. The zero-order valence-corrected chi connectivity index (χ0v) is 16.0. The van der Waals surface area contributed by atoms with Crippen LogP contribution >= 0.6 is 0 Å². The number of nitrogens with zero attached hydrogens (tertiary/aromatic N) is 1. The Hall–Kier alpha value is -1.64. The maximum Gasteiger partial charge on any atom is 0.110 e. The van der Waals surface area contributed by atoms with Gasteiger partial charge in [-0.05, 0) is 11.6 Å². The van der Waals surface area contributed by atoms with Crippen LogP contribution in [-0.4, -0.2) is 32.3 Å². The van der Waals surface area contributed by atoms with Gasteiger partial charge in [0.15, 0.2) is 0 Å². The highest BCUT2D eigenvalue weighted by Gasteiger charge is 2.29. The molecule has 1 atom stereocenters. The summed E-state index contributed by atoms with van der Waals surface area (Å²) >= 11 is 0. The molecular formula is C21H30NSi+. The Morgan fingerprint density at radius 1 is 0.870 bits per heavy atom. The van der Waals surface area contributed by atoms with Gasteiger partial charge in [-0.2, -0.15) is 0 Å². The third-order valence-corrected chi connectivity index (χ3v) is 5.63. The molecule has 0 aliphatic heterocycles. The minimum atomic E-state index is -1.14. The molecule has 0 saturated carbocycles. The Labute approximate surface area is 142 Å². The maximum atomic E-state index is 2.47. The molecule has 0 radical (unpaired) electrons. The summed E-state index contributed by atoms with van der Waals surface area (Å²) in [7, 11) is 1.27. The van der Waals surface area contributed by atoms with Gasteiger partial charge in [0.2, 0.25) is 0 Å². The summed E-state index contributed by atoms with van der Waals surface area (Å²) in [6, 6.07) is 21.5. The van der Waals surface area contributed by atoms with Crippen LogP contribution in [0.3, 0.4) is 0 Å². The van der Waals surface area contributed by atoms with E-state index in [0.717, 1.165) is 17.6 Å². The molecular weight excluding hydrogens is 294 g/mol. The van der Waals surface area contributed by atoms with Crippen LogP contribution in [0.4, 0.5) is 0 Å². The van der Waals surface area contributed by atoms with Crippen molar-refractivity contribution in [1.29, 1.82) is 0 Å². The van der Waals surface area contributed by atoms with Crippen LogP contribution in [-0.2, 0) is 6.54 Å². The van der Waals surface area contributed by atoms with Crippen LogP contribution in [0.25, 0.3) is 6.08 Å². The van der Waals surface area contributed by atoms with Crippen molar-refractivity contribution in [3.8, 4) is 0 Å². The van der Waals surface area contributed by atoms with Gasteiger partial charge in [-0.1, -0.05) is 86.4 Å². The number of rotatable bonds is 7. The van der Waals surface area contributed by atoms with Crippen molar-refractivity contribution in [3.05, 3.63) is 77.9 Å². The van der Waals surface area contributed by atoms with E-state index in [2.05, 4.69) is 99.5 Å². The van der Waals surface area contributed by atoms with Crippen molar-refractivity contribution in [3.63, 3.8) is 0 Å². The van der Waals surface area contributed by atoms with Crippen LogP contribution in [0.1, 0.15) is 11.1 Å². The maximum absolute atomic E-state index is 2.47. The Morgan fingerprint density at radius 2 is 1.43 bits per heavy atom. The van der Waals surface area contributed by atoms with Crippen LogP contribution < -0.4 is 0 Å². The van der Waals surface area contributed by atoms with E-state index in [0.29, 0.717) is 0 Å². The molecule has 0 spiro atoms. The summed E-state index contributed by atoms with van der Waals surface area (Å²) in [6.07, 6.45) is 5.89. The minimum absolute atomic E-state index is 1.08. The first-order valence-corrected chi connectivity index (χ1v) is 12.2. The van der Waals surface area contributed by atoms with E-state index < -0.39 is 8.07 Å². The van der Waals surface area contributed by atoms with Gasteiger partial charge >= 0.3 is 0 Å². The van der Waals surface area contributed by atoms with Crippen molar-refractivity contribution in [1.82, 2.24) is 0 Å². The molecule has 23 heavy (non-hydrogen) atoms. The van der Waals surface area contributed by atoms with Gasteiger partial charge < -0.3 is 4.48 Å². The fraction of sp³-hybridized carbons (Fsp3) is 0.333. The molecule has 0 aliphatic rings. The molecule has 1 nitrogen and oxygen atoms in total. The molecule has 2 heteroatoms. The van der Waals surface area contributed by atoms with E-state index in [9.17, 15) is 0 Å². The Bertz CT molecular complexity index is 613. The standard InChI is InChI=1S/C21H30NSi/c1-22(19-23(2,3)4,18-21-14-9-6-10-15-21)17-11-16-20-12-7-5-8-13-20/h5-16H,17-19H2,1-4H3/q+1/b16-11+. The summed E-state index contributed by atoms with van der Waals surface area (Å²) in [5.41, 5.74) is 2.72. The van der Waals surface area contributed by atoms with Crippen molar-refractivity contribution < 1.29 is 4.48 Å². The lowest BCUT2D eigenvalue weighted by Gasteiger charge is -2.38. The van der Waals surface area contributed by atoms with Crippen LogP contribution in [0.2, 0.25) is 19.6 Å². The van der Waals surface area contributed by atoms with Gasteiger partial charge in [0, 0.05) is 5.56 Å². The fourth-order valence-electron chi connectivity index (χ4n) is 3.36. The summed E-state index contributed by atoms with van der Waals surface area (Å²) in [6.45, 7) is 9.58. The van der Waals surface area contributed by atoms with Gasteiger partial charge in [0.25, 0.3) is 0 Å². The first-order chi connectivity index (χ1) is 10.9. The van der Waals surface area contributed by atoms with Crippen molar-refractivity contribution in [2.75, 3.05) is 19.8 Å². The predicted molar refractivity (Wildman–Crippen MR) is 105 cm³/mol. The molecule has 1 unspecified atom stereocenters. The summed E-state index contributed by atoms with van der Waals surface area (Å²) in [4.78, 5) is 0. The Kier molecular flexibility index (Phi) is 5.97. The minimum Gasteiger partial charge on any atom is -0.322 e. The van der Waals surface area contributed by atoms with Crippen molar-refractivity contribution in [2.45, 2.75) is 26.2 Å². The highest BCUT2D eigenvalue weighted by atomic mass is 28.3. The van der Waals surface area contributed by atoms with E-state index in [4.69, 9.17) is 0 Å². The molecule has 2 rings (SSSR count). The largest absolute Gasteiger partial charge is 0.322 e. The lowest BCUT2D eigenvalue weighted by atomic mass is 10.2. The first kappa shape index (κ1) is 17.7. The average molecular weight is 325 g/mol. The van der Waals surface area contributed by atoms with E-state index in [1.54, 1.807) is 0 Å². The predicted octanol–water partition coefficient (Wildman–Crippen LogP) is 5.22. The monoisotopic (exact) mass is 324 g/mol. The lowest BCUT2D eigenvalue weighted by molar-refractivity contribution is -0.907. The highest BCUT2D eigenvalue weighted by Crippen LogP contribution is 2.17. The quantitative estimate of drug-likeness (QED) is 0.483. The zero-order valence-electron chi connectivity index (χ0n) is 15.0. The van der Waals surface area contributed by atoms with E-state index in [1.165, 1.54) is 17.3 Å². The van der Waals surface area contributed by atoms with E-state index in [1.807, 2.05) is 0 Å². The Morgan fingerprint density at radius 3 is 2.00 bits per heavy atom. The number of hydrogen-bond donors (Lipinski definition) is 0.